The molecule has 0 spiro atoms. The van der Waals surface area contributed by atoms with Crippen LogP contribution >= 0.6 is 0 Å². The van der Waals surface area contributed by atoms with Crippen LogP contribution in [0.15, 0.2) is 138 Å². The molecule has 0 N–H and O–H groups in total. The first-order chi connectivity index (χ1) is 31.2. The van der Waals surface area contributed by atoms with Gasteiger partial charge in [-0.15, -0.1) is 0 Å². The van der Waals surface area contributed by atoms with Crippen molar-refractivity contribution in [3.05, 3.63) is 199 Å². The summed E-state index contributed by atoms with van der Waals surface area (Å²) in [5.74, 6) is 0.686. The minimum absolute atomic E-state index is 0.235. The first kappa shape index (κ1) is 41.1. The third-order valence-corrected chi connectivity index (χ3v) is 16.2. The van der Waals surface area contributed by atoms with E-state index in [9.17, 15) is 0 Å². The van der Waals surface area contributed by atoms with Crippen LogP contribution in [0.1, 0.15) is 88.5 Å². The van der Waals surface area contributed by atoms with E-state index in [0.29, 0.717) is 5.92 Å². The fourth-order valence-corrected chi connectivity index (χ4v) is 11.6. The van der Waals surface area contributed by atoms with E-state index in [1.54, 1.807) is 0 Å². The molecule has 2 unspecified atom stereocenters. The number of hydrogen-bond acceptors (Lipinski definition) is 2. The second-order valence-electron chi connectivity index (χ2n) is 19.9. The van der Waals surface area contributed by atoms with Crippen LogP contribution in [0.4, 0.5) is 22.7 Å². The molecular weight excluding hydrogens is 787 g/mol. The van der Waals surface area contributed by atoms with Gasteiger partial charge in [-0.3, -0.25) is 0 Å². The molecule has 3 aliphatic rings. The van der Waals surface area contributed by atoms with Crippen molar-refractivity contribution in [3.8, 4) is 0 Å². The van der Waals surface area contributed by atoms with Gasteiger partial charge in [0.15, 0.2) is 0 Å². The van der Waals surface area contributed by atoms with E-state index in [1.165, 1.54) is 150 Å². The summed E-state index contributed by atoms with van der Waals surface area (Å²) in [6.07, 6.45) is 13.8. The van der Waals surface area contributed by atoms with Crippen LogP contribution in [0.2, 0.25) is 0 Å². The van der Waals surface area contributed by atoms with E-state index in [2.05, 4.69) is 213 Å². The first-order valence-electron chi connectivity index (χ1n) is 23.8. The lowest BCUT2D eigenvalue weighted by Crippen LogP contribution is -2.30. The number of para-hydroxylation sites is 1. The first-order valence-corrected chi connectivity index (χ1v) is 23.8. The van der Waals surface area contributed by atoms with Gasteiger partial charge in [0, 0.05) is 61.5 Å². The molecule has 11 rings (SSSR count). The largest absolute Gasteiger partial charge is 0.313 e. The fourth-order valence-electron chi connectivity index (χ4n) is 11.6. The van der Waals surface area contributed by atoms with Crippen molar-refractivity contribution in [1.29, 1.82) is 0 Å². The van der Waals surface area contributed by atoms with Gasteiger partial charge in [0.25, 0.3) is 0 Å². The zero-order valence-electron chi connectivity index (χ0n) is 40.4. The standard InChI is InChI=1S/C62H61N3/c1-34-24-48(25-35(2)42(34)9)63(49-26-36(3)43(10)37(4)27-49)61-52-20-15-13-18-46(52)32-56-58(61)54-22-17-23-55-59-57(65(56)60(54)55)33-47-19-14-16-21-53(47)62(59)64(50-28-38(5)44(11)39(6)29-50)51-30-40(7)45(12)41(8)31-51/h13-30,32,41,47H,31,33H2,1-12H3. The summed E-state index contributed by atoms with van der Waals surface area (Å²) in [6.45, 7) is 27.4. The molecule has 0 saturated heterocycles. The Morgan fingerprint density at radius 2 is 1.12 bits per heavy atom. The van der Waals surface area contributed by atoms with Crippen molar-refractivity contribution in [1.82, 2.24) is 4.40 Å². The number of anilines is 4. The van der Waals surface area contributed by atoms with Gasteiger partial charge in [-0.1, -0.05) is 84.8 Å². The highest BCUT2D eigenvalue weighted by atomic mass is 15.2. The monoisotopic (exact) mass is 847 g/mol. The Balaban J connectivity index is 1.28. The highest BCUT2D eigenvalue weighted by molar-refractivity contribution is 6.27. The van der Waals surface area contributed by atoms with Gasteiger partial charge >= 0.3 is 0 Å². The SMILES string of the molecule is CC1=C(C)C(C)CC(N(C2=C3C=CC=CC3Cc3c2c2cccc4c5c(N(c6cc(C)c(C)c(C)c6)c6cc(C)c(C)c(C)c6)c6ccccc6cc5n3c24)c2cc(C)c(C)c(C)c2)=C1. The Morgan fingerprint density at radius 3 is 1.72 bits per heavy atom. The Morgan fingerprint density at radius 1 is 0.569 bits per heavy atom. The van der Waals surface area contributed by atoms with E-state index in [0.717, 1.165) is 12.8 Å². The number of aryl methyl sites for hydroxylation is 6. The molecule has 0 aliphatic heterocycles. The smallest absolute Gasteiger partial charge is 0.0640 e. The summed E-state index contributed by atoms with van der Waals surface area (Å²) in [5, 5.41) is 6.42. The highest BCUT2D eigenvalue weighted by Crippen LogP contribution is 2.54. The molecule has 6 aromatic carbocycles. The maximum absolute atomic E-state index is 2.70. The van der Waals surface area contributed by atoms with Crippen LogP contribution in [0.3, 0.4) is 0 Å². The van der Waals surface area contributed by atoms with Crippen LogP contribution in [0.5, 0.6) is 0 Å². The van der Waals surface area contributed by atoms with Gasteiger partial charge in [-0.2, -0.15) is 0 Å². The third kappa shape index (κ3) is 6.14. The molecule has 3 heteroatoms. The highest BCUT2D eigenvalue weighted by Gasteiger charge is 2.38. The molecule has 3 aliphatic carbocycles. The number of nitrogens with zero attached hydrogens (tertiary/aromatic N) is 3. The molecule has 324 valence electrons. The van der Waals surface area contributed by atoms with E-state index in [1.807, 2.05) is 0 Å². The zero-order chi connectivity index (χ0) is 45.3. The lowest BCUT2D eigenvalue weighted by Gasteiger charge is -2.39. The van der Waals surface area contributed by atoms with Gasteiger partial charge in [0.1, 0.15) is 0 Å². The molecule has 0 bridgehead atoms. The molecule has 0 radical (unpaired) electrons. The topological polar surface area (TPSA) is 10.9 Å². The van der Waals surface area contributed by atoms with Gasteiger partial charge in [0.05, 0.1) is 22.4 Å². The normalized spacial score (nSPS) is 17.3. The quantitative estimate of drug-likeness (QED) is 0.165. The Labute approximate surface area is 385 Å². The minimum Gasteiger partial charge on any atom is -0.313 e. The average molecular weight is 848 g/mol. The van der Waals surface area contributed by atoms with Gasteiger partial charge in [-0.05, 0) is 204 Å². The number of benzene rings is 6. The Bertz CT molecular complexity index is 3390. The Kier molecular flexibility index (Phi) is 9.49. The van der Waals surface area contributed by atoms with Gasteiger partial charge < -0.3 is 14.2 Å². The van der Waals surface area contributed by atoms with Crippen molar-refractivity contribution in [2.24, 2.45) is 11.8 Å². The van der Waals surface area contributed by atoms with Crippen LogP contribution in [-0.2, 0) is 6.42 Å². The molecule has 2 atom stereocenters. The summed E-state index contributed by atoms with van der Waals surface area (Å²) in [7, 11) is 0. The summed E-state index contributed by atoms with van der Waals surface area (Å²) in [6, 6.07) is 33.2. The van der Waals surface area contributed by atoms with Crippen molar-refractivity contribution in [3.63, 3.8) is 0 Å². The van der Waals surface area contributed by atoms with Crippen molar-refractivity contribution >= 4 is 66.4 Å². The number of rotatable bonds is 6. The number of hydrogen-bond donors (Lipinski definition) is 0. The number of allylic oxidation sites excluding steroid dienone is 9. The third-order valence-electron chi connectivity index (χ3n) is 16.2. The lowest BCUT2D eigenvalue weighted by atomic mass is 9.79. The van der Waals surface area contributed by atoms with Crippen molar-refractivity contribution < 1.29 is 0 Å². The average Bonchev–Trinajstić information content (AvgIpc) is 3.80. The number of fused-ring (bicyclic) bond motifs is 8. The predicted octanol–water partition coefficient (Wildman–Crippen LogP) is 16.9. The van der Waals surface area contributed by atoms with Gasteiger partial charge in [-0.25, -0.2) is 0 Å². The molecule has 2 heterocycles. The molecular formula is C62H61N3. The van der Waals surface area contributed by atoms with Crippen LogP contribution in [0.25, 0.3) is 43.7 Å². The fraction of sp³-hybridized carbons (Fsp3) is 0.258. The van der Waals surface area contributed by atoms with E-state index in [-0.39, 0.29) is 5.92 Å². The molecule has 0 saturated carbocycles. The van der Waals surface area contributed by atoms with Crippen molar-refractivity contribution in [2.75, 3.05) is 9.80 Å². The number of aromatic nitrogens is 1. The molecule has 0 amide bonds. The lowest BCUT2D eigenvalue weighted by molar-refractivity contribution is 0.643. The molecule has 3 nitrogen and oxygen atoms in total. The Hall–Kier alpha value is -6.58. The molecule has 2 aromatic heterocycles. The van der Waals surface area contributed by atoms with Crippen LogP contribution in [0, 0.1) is 74.1 Å². The molecule has 65 heavy (non-hydrogen) atoms. The second-order valence-corrected chi connectivity index (χ2v) is 19.9. The zero-order valence-corrected chi connectivity index (χ0v) is 40.4. The van der Waals surface area contributed by atoms with Crippen molar-refractivity contribution in [2.45, 2.75) is 95.9 Å². The van der Waals surface area contributed by atoms with Crippen LogP contribution < -0.4 is 9.80 Å². The summed E-state index contributed by atoms with van der Waals surface area (Å²) in [4.78, 5) is 5.28. The molecule has 8 aromatic rings. The second kappa shape index (κ2) is 15.0. The van der Waals surface area contributed by atoms with Gasteiger partial charge in [0.2, 0.25) is 0 Å². The van der Waals surface area contributed by atoms with Crippen LogP contribution in [-0.4, -0.2) is 4.40 Å². The maximum atomic E-state index is 2.70. The molecule has 0 fully saturated rings. The predicted molar refractivity (Wildman–Crippen MR) is 280 cm³/mol. The van der Waals surface area contributed by atoms with E-state index >= 15 is 0 Å². The summed E-state index contributed by atoms with van der Waals surface area (Å²) in [5.41, 5.74) is 29.1. The summed E-state index contributed by atoms with van der Waals surface area (Å²) < 4.78 is 2.70. The minimum atomic E-state index is 0.235. The van der Waals surface area contributed by atoms with E-state index < -0.39 is 0 Å². The maximum Gasteiger partial charge on any atom is 0.0640 e. The van der Waals surface area contributed by atoms with E-state index in [4.69, 9.17) is 0 Å². The summed E-state index contributed by atoms with van der Waals surface area (Å²) >= 11 is 0.